The van der Waals surface area contributed by atoms with Crippen LogP contribution in [0.5, 0.6) is 0 Å². The van der Waals surface area contributed by atoms with Gasteiger partial charge in [-0.2, -0.15) is 0 Å². The lowest BCUT2D eigenvalue weighted by atomic mass is 10.0. The maximum absolute atomic E-state index is 12.0. The Kier molecular flexibility index (Phi) is 3.42. The van der Waals surface area contributed by atoms with Crippen LogP contribution in [-0.4, -0.2) is 11.0 Å². The zero-order valence-electron chi connectivity index (χ0n) is 8.85. The van der Waals surface area contributed by atoms with Gasteiger partial charge in [-0.15, -0.1) is 0 Å². The van der Waals surface area contributed by atoms with Crippen molar-refractivity contribution in [2.24, 2.45) is 0 Å². The van der Waals surface area contributed by atoms with Crippen LogP contribution in [-0.2, 0) is 0 Å². The van der Waals surface area contributed by atoms with Gasteiger partial charge in [-0.3, -0.25) is 15.5 Å². The number of anilines is 1. The second kappa shape index (κ2) is 4.99. The monoisotopic (exact) mass is 247 g/mol. The molecule has 0 aromatic heterocycles. The van der Waals surface area contributed by atoms with Crippen molar-refractivity contribution < 1.29 is 10.0 Å². The minimum absolute atomic E-state index is 0.0776. The van der Waals surface area contributed by atoms with Crippen molar-refractivity contribution in [1.82, 2.24) is 0 Å². The van der Waals surface area contributed by atoms with Crippen molar-refractivity contribution in [3.05, 3.63) is 64.7 Å². The number of carbonyl (C=O) groups is 1. The van der Waals surface area contributed by atoms with E-state index in [0.717, 1.165) is 0 Å². The summed E-state index contributed by atoms with van der Waals surface area (Å²) in [6.07, 6.45) is 0. The molecule has 86 valence electrons. The van der Waals surface area contributed by atoms with Crippen LogP contribution in [0.25, 0.3) is 0 Å². The summed E-state index contributed by atoms with van der Waals surface area (Å²) in [6, 6.07) is 13.3. The van der Waals surface area contributed by atoms with Gasteiger partial charge in [0.05, 0.1) is 5.69 Å². The molecule has 0 aliphatic rings. The normalized spacial score (nSPS) is 10.0. The SMILES string of the molecule is O=C(c1ccc(Cl)cc1)c1ccc(NO)cc1. The molecule has 2 aromatic rings. The number of benzene rings is 2. The van der Waals surface area contributed by atoms with Crippen LogP contribution >= 0.6 is 11.6 Å². The Bertz CT molecular complexity index is 520. The number of hydrogen-bond donors (Lipinski definition) is 2. The zero-order valence-corrected chi connectivity index (χ0v) is 9.61. The Hall–Kier alpha value is -1.84. The second-order valence-corrected chi connectivity index (χ2v) is 3.96. The number of nitrogens with one attached hydrogen (secondary N) is 1. The van der Waals surface area contributed by atoms with E-state index in [4.69, 9.17) is 16.8 Å². The van der Waals surface area contributed by atoms with E-state index in [1.807, 2.05) is 5.48 Å². The first-order valence-electron chi connectivity index (χ1n) is 5.01. The molecule has 2 aromatic carbocycles. The molecule has 2 rings (SSSR count). The molecule has 0 saturated carbocycles. The van der Waals surface area contributed by atoms with Gasteiger partial charge in [0.2, 0.25) is 0 Å². The highest BCUT2D eigenvalue weighted by molar-refractivity contribution is 6.30. The van der Waals surface area contributed by atoms with E-state index in [-0.39, 0.29) is 5.78 Å². The van der Waals surface area contributed by atoms with Crippen LogP contribution in [0.2, 0.25) is 5.02 Å². The summed E-state index contributed by atoms with van der Waals surface area (Å²) in [4.78, 5) is 12.0. The van der Waals surface area contributed by atoms with Crippen molar-refractivity contribution >= 4 is 23.1 Å². The average molecular weight is 248 g/mol. The first-order chi connectivity index (χ1) is 8.20. The standard InChI is InChI=1S/C13H10ClNO2/c14-11-5-1-9(2-6-11)13(16)10-3-7-12(15-17)8-4-10/h1-8,15,17H. The second-order valence-electron chi connectivity index (χ2n) is 3.53. The van der Waals surface area contributed by atoms with Gasteiger partial charge in [0.1, 0.15) is 0 Å². The molecule has 0 saturated heterocycles. The fraction of sp³-hybridized carbons (Fsp3) is 0. The molecule has 4 heteroatoms. The van der Waals surface area contributed by atoms with Crippen LogP contribution in [0.1, 0.15) is 15.9 Å². The highest BCUT2D eigenvalue weighted by Crippen LogP contribution is 2.15. The number of hydrogen-bond acceptors (Lipinski definition) is 3. The van der Waals surface area contributed by atoms with Crippen LogP contribution in [0.3, 0.4) is 0 Å². The van der Waals surface area contributed by atoms with Gasteiger partial charge in [-0.05, 0) is 48.5 Å². The lowest BCUT2D eigenvalue weighted by Crippen LogP contribution is -2.01. The van der Waals surface area contributed by atoms with Crippen molar-refractivity contribution in [2.45, 2.75) is 0 Å². The number of ketones is 1. The molecule has 2 N–H and O–H groups in total. The highest BCUT2D eigenvalue weighted by Gasteiger charge is 2.08. The largest absolute Gasteiger partial charge is 0.291 e. The molecule has 0 spiro atoms. The molecule has 0 atom stereocenters. The Balaban J connectivity index is 2.27. The summed E-state index contributed by atoms with van der Waals surface area (Å²) in [5, 5.41) is 9.26. The summed E-state index contributed by atoms with van der Waals surface area (Å²) >= 11 is 5.75. The van der Waals surface area contributed by atoms with Crippen molar-refractivity contribution in [1.29, 1.82) is 0 Å². The predicted octanol–water partition coefficient (Wildman–Crippen LogP) is 3.37. The lowest BCUT2D eigenvalue weighted by Gasteiger charge is -2.03. The summed E-state index contributed by atoms with van der Waals surface area (Å²) in [6.45, 7) is 0. The molecule has 0 radical (unpaired) electrons. The molecular formula is C13H10ClNO2. The van der Waals surface area contributed by atoms with Crippen LogP contribution in [0, 0.1) is 0 Å². The zero-order chi connectivity index (χ0) is 12.3. The predicted molar refractivity (Wildman–Crippen MR) is 66.7 cm³/mol. The van der Waals surface area contributed by atoms with Gasteiger partial charge < -0.3 is 0 Å². The number of carbonyl (C=O) groups excluding carboxylic acids is 1. The maximum Gasteiger partial charge on any atom is 0.193 e. The molecule has 0 heterocycles. The van der Waals surface area contributed by atoms with Crippen molar-refractivity contribution in [3.8, 4) is 0 Å². The molecule has 3 nitrogen and oxygen atoms in total. The third-order valence-electron chi connectivity index (χ3n) is 2.38. The van der Waals surface area contributed by atoms with Gasteiger partial charge in [-0.1, -0.05) is 11.6 Å². The van der Waals surface area contributed by atoms with Gasteiger partial charge >= 0.3 is 0 Å². The summed E-state index contributed by atoms with van der Waals surface area (Å²) in [5.74, 6) is -0.0776. The van der Waals surface area contributed by atoms with E-state index < -0.39 is 0 Å². The minimum atomic E-state index is -0.0776. The fourth-order valence-corrected chi connectivity index (χ4v) is 1.59. The Labute approximate surface area is 104 Å². The van der Waals surface area contributed by atoms with E-state index in [0.29, 0.717) is 21.8 Å². The first-order valence-corrected chi connectivity index (χ1v) is 5.39. The Morgan fingerprint density at radius 1 is 0.941 bits per heavy atom. The smallest absolute Gasteiger partial charge is 0.193 e. The fourth-order valence-electron chi connectivity index (χ4n) is 1.46. The molecule has 0 bridgehead atoms. The maximum atomic E-state index is 12.0. The quantitative estimate of drug-likeness (QED) is 0.646. The molecule has 0 aliphatic heterocycles. The van der Waals surface area contributed by atoms with E-state index in [1.165, 1.54) is 0 Å². The summed E-state index contributed by atoms with van der Waals surface area (Å²) in [5.41, 5.74) is 3.69. The average Bonchev–Trinajstić information content (AvgIpc) is 2.39. The molecule has 0 amide bonds. The Morgan fingerprint density at radius 2 is 1.41 bits per heavy atom. The van der Waals surface area contributed by atoms with Gasteiger partial charge in [0, 0.05) is 16.1 Å². The van der Waals surface area contributed by atoms with Gasteiger partial charge in [-0.25, -0.2) is 0 Å². The van der Waals surface area contributed by atoms with Crippen LogP contribution in [0.15, 0.2) is 48.5 Å². The lowest BCUT2D eigenvalue weighted by molar-refractivity contribution is 0.103. The van der Waals surface area contributed by atoms with E-state index in [2.05, 4.69) is 0 Å². The highest BCUT2D eigenvalue weighted by atomic mass is 35.5. The van der Waals surface area contributed by atoms with E-state index >= 15 is 0 Å². The molecule has 0 unspecified atom stereocenters. The molecule has 17 heavy (non-hydrogen) atoms. The topological polar surface area (TPSA) is 49.3 Å². The minimum Gasteiger partial charge on any atom is -0.291 e. The number of rotatable bonds is 3. The van der Waals surface area contributed by atoms with Crippen molar-refractivity contribution in [2.75, 3.05) is 5.48 Å². The molecule has 0 fully saturated rings. The molecular weight excluding hydrogens is 238 g/mol. The molecule has 0 aliphatic carbocycles. The van der Waals surface area contributed by atoms with Gasteiger partial charge in [0.25, 0.3) is 0 Å². The first kappa shape index (κ1) is 11.6. The van der Waals surface area contributed by atoms with Crippen LogP contribution < -0.4 is 5.48 Å². The van der Waals surface area contributed by atoms with E-state index in [1.54, 1.807) is 48.5 Å². The number of halogens is 1. The summed E-state index contributed by atoms with van der Waals surface area (Å²) in [7, 11) is 0. The van der Waals surface area contributed by atoms with Crippen molar-refractivity contribution in [3.63, 3.8) is 0 Å². The summed E-state index contributed by atoms with van der Waals surface area (Å²) < 4.78 is 0. The third-order valence-corrected chi connectivity index (χ3v) is 2.63. The van der Waals surface area contributed by atoms with E-state index in [9.17, 15) is 4.79 Å². The Morgan fingerprint density at radius 3 is 1.88 bits per heavy atom. The van der Waals surface area contributed by atoms with Gasteiger partial charge in [0.15, 0.2) is 5.78 Å². The van der Waals surface area contributed by atoms with Crippen LogP contribution in [0.4, 0.5) is 5.69 Å². The third kappa shape index (κ3) is 2.64.